The van der Waals surface area contributed by atoms with Crippen LogP contribution in [-0.4, -0.2) is 12.5 Å². The SMILES string of the molecule is O=C(COc1ccc(-c2ccccc2)cc1Cl)NCc1ccc(Cl)cc1. The van der Waals surface area contributed by atoms with Gasteiger partial charge in [-0.1, -0.05) is 71.7 Å². The van der Waals surface area contributed by atoms with Gasteiger partial charge in [-0.2, -0.15) is 0 Å². The minimum Gasteiger partial charge on any atom is -0.482 e. The molecule has 0 aromatic heterocycles. The number of halogens is 2. The second-order valence-electron chi connectivity index (χ2n) is 5.70. The van der Waals surface area contributed by atoms with Gasteiger partial charge in [-0.15, -0.1) is 0 Å². The molecule has 0 bridgehead atoms. The van der Waals surface area contributed by atoms with Crippen LogP contribution >= 0.6 is 23.2 Å². The third-order valence-electron chi connectivity index (χ3n) is 3.80. The van der Waals surface area contributed by atoms with Gasteiger partial charge in [0.1, 0.15) is 5.75 Å². The number of nitrogens with one attached hydrogen (secondary N) is 1. The third kappa shape index (κ3) is 5.01. The van der Waals surface area contributed by atoms with E-state index in [2.05, 4.69) is 5.32 Å². The summed E-state index contributed by atoms with van der Waals surface area (Å²) in [7, 11) is 0. The van der Waals surface area contributed by atoms with E-state index < -0.39 is 0 Å². The summed E-state index contributed by atoms with van der Waals surface area (Å²) < 4.78 is 5.53. The van der Waals surface area contributed by atoms with E-state index in [0.717, 1.165) is 16.7 Å². The van der Waals surface area contributed by atoms with Crippen LogP contribution < -0.4 is 10.1 Å². The monoisotopic (exact) mass is 385 g/mol. The van der Waals surface area contributed by atoms with E-state index in [1.54, 1.807) is 18.2 Å². The molecule has 0 heterocycles. The lowest BCUT2D eigenvalue weighted by atomic mass is 10.1. The molecule has 3 aromatic carbocycles. The molecule has 0 atom stereocenters. The lowest BCUT2D eigenvalue weighted by molar-refractivity contribution is -0.123. The van der Waals surface area contributed by atoms with Crippen molar-refractivity contribution in [2.24, 2.45) is 0 Å². The standard InChI is InChI=1S/C21H17Cl2NO2/c22-18-9-6-15(7-10-18)13-24-21(25)14-26-20-11-8-17(12-19(20)23)16-4-2-1-3-5-16/h1-12H,13-14H2,(H,24,25). The van der Waals surface area contributed by atoms with Gasteiger partial charge in [-0.05, 0) is 41.0 Å². The van der Waals surface area contributed by atoms with Crippen molar-refractivity contribution < 1.29 is 9.53 Å². The fraction of sp³-hybridized carbons (Fsp3) is 0.0952. The quantitative estimate of drug-likeness (QED) is 0.620. The second-order valence-corrected chi connectivity index (χ2v) is 6.55. The fourth-order valence-electron chi connectivity index (χ4n) is 2.43. The maximum absolute atomic E-state index is 12.0. The highest BCUT2D eigenvalue weighted by atomic mass is 35.5. The van der Waals surface area contributed by atoms with Crippen LogP contribution in [-0.2, 0) is 11.3 Å². The van der Waals surface area contributed by atoms with Crippen molar-refractivity contribution in [1.82, 2.24) is 5.32 Å². The first-order valence-corrected chi connectivity index (χ1v) is 8.86. The van der Waals surface area contributed by atoms with E-state index >= 15 is 0 Å². The summed E-state index contributed by atoms with van der Waals surface area (Å²) in [6.45, 7) is 0.317. The average Bonchev–Trinajstić information content (AvgIpc) is 2.67. The molecule has 0 fully saturated rings. The number of amides is 1. The minimum atomic E-state index is -0.219. The number of hydrogen-bond acceptors (Lipinski definition) is 2. The normalized spacial score (nSPS) is 10.4. The predicted molar refractivity (Wildman–Crippen MR) is 106 cm³/mol. The van der Waals surface area contributed by atoms with Gasteiger partial charge in [0.05, 0.1) is 5.02 Å². The number of carbonyl (C=O) groups excluding carboxylic acids is 1. The molecule has 5 heteroatoms. The van der Waals surface area contributed by atoms with Crippen LogP contribution in [0.4, 0.5) is 0 Å². The van der Waals surface area contributed by atoms with Crippen LogP contribution in [0.1, 0.15) is 5.56 Å². The molecule has 0 aliphatic rings. The van der Waals surface area contributed by atoms with Crippen LogP contribution in [0, 0.1) is 0 Å². The summed E-state index contributed by atoms with van der Waals surface area (Å²) in [5.41, 5.74) is 3.03. The molecular formula is C21H17Cl2NO2. The Hall–Kier alpha value is -2.49. The summed E-state index contributed by atoms with van der Waals surface area (Å²) in [5.74, 6) is 0.260. The van der Waals surface area contributed by atoms with Gasteiger partial charge in [0.25, 0.3) is 5.91 Å². The molecule has 1 N–H and O–H groups in total. The first-order valence-electron chi connectivity index (χ1n) is 8.11. The highest BCUT2D eigenvalue weighted by molar-refractivity contribution is 6.32. The molecule has 0 aliphatic heterocycles. The van der Waals surface area contributed by atoms with Crippen LogP contribution in [0.15, 0.2) is 72.8 Å². The third-order valence-corrected chi connectivity index (χ3v) is 4.35. The van der Waals surface area contributed by atoms with Gasteiger partial charge in [-0.3, -0.25) is 4.79 Å². The Morgan fingerprint density at radius 2 is 1.62 bits per heavy atom. The Bertz CT molecular complexity index is 880. The van der Waals surface area contributed by atoms with E-state index in [9.17, 15) is 4.79 Å². The molecule has 132 valence electrons. The smallest absolute Gasteiger partial charge is 0.258 e. The Labute approximate surface area is 162 Å². The maximum atomic E-state index is 12.0. The Balaban J connectivity index is 1.54. The minimum absolute atomic E-state index is 0.0992. The topological polar surface area (TPSA) is 38.3 Å². The van der Waals surface area contributed by atoms with E-state index in [0.29, 0.717) is 22.3 Å². The first kappa shape index (κ1) is 18.3. The fourth-order valence-corrected chi connectivity index (χ4v) is 2.79. The Morgan fingerprint density at radius 3 is 2.31 bits per heavy atom. The summed E-state index contributed by atoms with van der Waals surface area (Å²) >= 11 is 12.1. The van der Waals surface area contributed by atoms with Crippen molar-refractivity contribution in [3.05, 3.63) is 88.4 Å². The molecule has 1 amide bonds. The van der Waals surface area contributed by atoms with Crippen molar-refractivity contribution in [1.29, 1.82) is 0 Å². The molecule has 0 unspecified atom stereocenters. The predicted octanol–water partition coefficient (Wildman–Crippen LogP) is 5.36. The zero-order valence-electron chi connectivity index (χ0n) is 13.9. The van der Waals surface area contributed by atoms with Crippen LogP contribution in [0.25, 0.3) is 11.1 Å². The molecule has 0 aliphatic carbocycles. The molecule has 0 saturated carbocycles. The molecule has 0 spiro atoms. The maximum Gasteiger partial charge on any atom is 0.258 e. The van der Waals surface area contributed by atoms with E-state index in [4.69, 9.17) is 27.9 Å². The first-order chi connectivity index (χ1) is 12.6. The number of rotatable bonds is 6. The molecule has 3 nitrogen and oxygen atoms in total. The van der Waals surface area contributed by atoms with Gasteiger partial charge < -0.3 is 10.1 Å². The highest BCUT2D eigenvalue weighted by Crippen LogP contribution is 2.30. The molecule has 0 saturated heterocycles. The number of benzene rings is 3. The molecule has 3 rings (SSSR count). The lowest BCUT2D eigenvalue weighted by Gasteiger charge is -2.10. The van der Waals surface area contributed by atoms with E-state index in [-0.39, 0.29) is 12.5 Å². The average molecular weight is 386 g/mol. The number of ether oxygens (including phenoxy) is 1. The van der Waals surface area contributed by atoms with Gasteiger partial charge in [-0.25, -0.2) is 0 Å². The van der Waals surface area contributed by atoms with Crippen molar-refractivity contribution in [3.8, 4) is 16.9 Å². The number of hydrogen-bond donors (Lipinski definition) is 1. The van der Waals surface area contributed by atoms with Crippen molar-refractivity contribution in [2.45, 2.75) is 6.54 Å². The summed E-state index contributed by atoms with van der Waals surface area (Å²) in [4.78, 5) is 12.0. The molecular weight excluding hydrogens is 369 g/mol. The Morgan fingerprint density at radius 1 is 0.885 bits per heavy atom. The van der Waals surface area contributed by atoms with E-state index in [1.807, 2.05) is 54.6 Å². The van der Waals surface area contributed by atoms with Crippen molar-refractivity contribution in [3.63, 3.8) is 0 Å². The van der Waals surface area contributed by atoms with Gasteiger partial charge in [0, 0.05) is 11.6 Å². The highest BCUT2D eigenvalue weighted by Gasteiger charge is 2.08. The zero-order valence-corrected chi connectivity index (χ0v) is 15.4. The zero-order chi connectivity index (χ0) is 18.4. The van der Waals surface area contributed by atoms with Crippen LogP contribution in [0.5, 0.6) is 5.75 Å². The van der Waals surface area contributed by atoms with Crippen molar-refractivity contribution >= 4 is 29.1 Å². The van der Waals surface area contributed by atoms with Gasteiger partial charge in [0.15, 0.2) is 6.61 Å². The van der Waals surface area contributed by atoms with Crippen LogP contribution in [0.3, 0.4) is 0 Å². The largest absolute Gasteiger partial charge is 0.482 e. The van der Waals surface area contributed by atoms with Crippen LogP contribution in [0.2, 0.25) is 10.0 Å². The van der Waals surface area contributed by atoms with Gasteiger partial charge in [0.2, 0.25) is 0 Å². The van der Waals surface area contributed by atoms with Crippen molar-refractivity contribution in [2.75, 3.05) is 6.61 Å². The molecule has 0 radical (unpaired) electrons. The Kier molecular flexibility index (Phi) is 6.16. The summed E-state index contributed by atoms with van der Waals surface area (Å²) in [6.07, 6.45) is 0. The second kappa shape index (κ2) is 8.75. The molecule has 3 aromatic rings. The number of carbonyl (C=O) groups is 1. The molecule has 26 heavy (non-hydrogen) atoms. The van der Waals surface area contributed by atoms with E-state index in [1.165, 1.54) is 0 Å². The van der Waals surface area contributed by atoms with Gasteiger partial charge >= 0.3 is 0 Å². The summed E-state index contributed by atoms with van der Waals surface area (Å²) in [6, 6.07) is 22.7. The lowest BCUT2D eigenvalue weighted by Crippen LogP contribution is -2.28. The summed E-state index contributed by atoms with van der Waals surface area (Å²) in [5, 5.41) is 3.93.